The molecule has 0 saturated heterocycles. The van der Waals surface area contributed by atoms with Crippen LogP contribution in [0.1, 0.15) is 5.69 Å². The van der Waals surface area contributed by atoms with Crippen molar-refractivity contribution >= 4 is 5.69 Å². The number of benzene rings is 2. The van der Waals surface area contributed by atoms with E-state index < -0.39 is 22.2 Å². The Hall–Kier alpha value is -3.55. The third kappa shape index (κ3) is 2.39. The first-order chi connectivity index (χ1) is 11.4. The minimum Gasteiger partial charge on any atom is -0.504 e. The Labute approximate surface area is 135 Å². The number of non-ortho nitro benzene ring substituents is 1. The van der Waals surface area contributed by atoms with Crippen LogP contribution in [0.4, 0.5) is 5.69 Å². The van der Waals surface area contributed by atoms with Crippen molar-refractivity contribution in [3.05, 3.63) is 52.2 Å². The molecular weight excluding hydrogens is 316 g/mol. The summed E-state index contributed by atoms with van der Waals surface area (Å²) in [5.41, 5.74) is 1.70. The van der Waals surface area contributed by atoms with E-state index in [2.05, 4.69) is 5.16 Å². The lowest BCUT2D eigenvalue weighted by molar-refractivity contribution is -0.384. The molecule has 3 rings (SSSR count). The van der Waals surface area contributed by atoms with E-state index in [1.807, 2.05) is 0 Å². The molecule has 1 heterocycles. The first-order valence-corrected chi connectivity index (χ1v) is 6.85. The van der Waals surface area contributed by atoms with E-state index in [1.165, 1.54) is 24.3 Å². The molecule has 24 heavy (non-hydrogen) atoms. The maximum atomic E-state index is 10.8. The van der Waals surface area contributed by atoms with E-state index in [0.29, 0.717) is 16.8 Å². The molecule has 0 amide bonds. The Kier molecular flexibility index (Phi) is 3.57. The third-order valence-corrected chi connectivity index (χ3v) is 3.60. The summed E-state index contributed by atoms with van der Waals surface area (Å²) in [5, 5.41) is 43.8. The van der Waals surface area contributed by atoms with Crippen LogP contribution in [0, 0.1) is 17.0 Å². The van der Waals surface area contributed by atoms with E-state index in [9.17, 15) is 25.4 Å². The van der Waals surface area contributed by atoms with Gasteiger partial charge < -0.3 is 19.8 Å². The zero-order valence-electron chi connectivity index (χ0n) is 12.4. The normalized spacial score (nSPS) is 10.7. The number of phenolic OH excluding ortho intramolecular Hbond substituents is 3. The fourth-order valence-electron chi connectivity index (χ4n) is 2.40. The highest BCUT2D eigenvalue weighted by Crippen LogP contribution is 2.45. The molecule has 0 radical (unpaired) electrons. The molecule has 8 nitrogen and oxygen atoms in total. The summed E-state index contributed by atoms with van der Waals surface area (Å²) in [4.78, 5) is 10.3. The molecule has 8 heteroatoms. The summed E-state index contributed by atoms with van der Waals surface area (Å²) in [5.74, 6) is -1.51. The SMILES string of the molecule is Cc1noc(-c2ccc(O)c(O)c2O)c1-c1ccc([N+](=O)[O-])cc1. The summed E-state index contributed by atoms with van der Waals surface area (Å²) in [7, 11) is 0. The lowest BCUT2D eigenvalue weighted by Gasteiger charge is -2.07. The van der Waals surface area contributed by atoms with Crippen molar-refractivity contribution in [1.82, 2.24) is 5.16 Å². The molecule has 0 saturated carbocycles. The molecule has 3 N–H and O–H groups in total. The number of nitro groups is 1. The third-order valence-electron chi connectivity index (χ3n) is 3.60. The van der Waals surface area contributed by atoms with Gasteiger partial charge in [-0.1, -0.05) is 5.16 Å². The Morgan fingerprint density at radius 1 is 1.04 bits per heavy atom. The van der Waals surface area contributed by atoms with Gasteiger partial charge in [-0.25, -0.2) is 0 Å². The summed E-state index contributed by atoms with van der Waals surface area (Å²) >= 11 is 0. The van der Waals surface area contributed by atoms with Gasteiger partial charge >= 0.3 is 0 Å². The average Bonchev–Trinajstić information content (AvgIpc) is 2.94. The number of phenols is 3. The van der Waals surface area contributed by atoms with Crippen LogP contribution >= 0.6 is 0 Å². The summed E-state index contributed by atoms with van der Waals surface area (Å²) < 4.78 is 5.25. The maximum absolute atomic E-state index is 10.8. The number of nitrogens with zero attached hydrogens (tertiary/aromatic N) is 2. The van der Waals surface area contributed by atoms with Gasteiger partial charge in [0.05, 0.1) is 21.7 Å². The quantitative estimate of drug-likeness (QED) is 0.382. The van der Waals surface area contributed by atoms with Crippen LogP contribution in [0.3, 0.4) is 0 Å². The molecule has 122 valence electrons. The van der Waals surface area contributed by atoms with Crippen molar-refractivity contribution in [2.75, 3.05) is 0 Å². The molecular formula is C16H12N2O6. The van der Waals surface area contributed by atoms with Crippen molar-refractivity contribution in [2.45, 2.75) is 6.92 Å². The molecule has 0 aliphatic carbocycles. The molecule has 2 aromatic carbocycles. The molecule has 0 fully saturated rings. The lowest BCUT2D eigenvalue weighted by Crippen LogP contribution is -1.88. The Morgan fingerprint density at radius 3 is 2.33 bits per heavy atom. The van der Waals surface area contributed by atoms with Gasteiger partial charge in [0.25, 0.3) is 5.69 Å². The maximum Gasteiger partial charge on any atom is 0.269 e. The molecule has 0 unspecified atom stereocenters. The van der Waals surface area contributed by atoms with E-state index in [-0.39, 0.29) is 17.0 Å². The second-order valence-electron chi connectivity index (χ2n) is 5.11. The Bertz CT molecular complexity index is 930. The standard InChI is InChI=1S/C16H12N2O6/c1-8-13(9-2-4-10(5-3-9)18(22)23)16(24-17-8)11-6-7-12(19)15(21)14(11)20/h2-7,19-21H,1H3. The fourth-order valence-corrected chi connectivity index (χ4v) is 2.40. The van der Waals surface area contributed by atoms with Crippen LogP contribution < -0.4 is 0 Å². The van der Waals surface area contributed by atoms with E-state index in [1.54, 1.807) is 19.1 Å². The van der Waals surface area contributed by atoms with Gasteiger partial charge in [-0.05, 0) is 36.8 Å². The van der Waals surface area contributed by atoms with Gasteiger partial charge in [-0.2, -0.15) is 0 Å². The van der Waals surface area contributed by atoms with Crippen LogP contribution in [0.15, 0.2) is 40.9 Å². The predicted molar refractivity (Wildman–Crippen MR) is 83.8 cm³/mol. The zero-order valence-corrected chi connectivity index (χ0v) is 12.4. The minimum absolute atomic E-state index is 0.0560. The summed E-state index contributed by atoms with van der Waals surface area (Å²) in [6.45, 7) is 1.68. The number of nitro benzene ring substituents is 1. The van der Waals surface area contributed by atoms with Crippen LogP contribution in [0.2, 0.25) is 0 Å². The van der Waals surface area contributed by atoms with Crippen LogP contribution in [-0.2, 0) is 0 Å². The van der Waals surface area contributed by atoms with Crippen molar-refractivity contribution in [3.63, 3.8) is 0 Å². The Morgan fingerprint density at radius 2 is 1.71 bits per heavy atom. The van der Waals surface area contributed by atoms with Gasteiger partial charge in [-0.3, -0.25) is 10.1 Å². The second-order valence-corrected chi connectivity index (χ2v) is 5.11. The number of aromatic hydroxyl groups is 3. The molecule has 3 aromatic rings. The average molecular weight is 328 g/mol. The smallest absolute Gasteiger partial charge is 0.269 e. The highest BCUT2D eigenvalue weighted by atomic mass is 16.6. The van der Waals surface area contributed by atoms with E-state index in [0.717, 1.165) is 0 Å². The van der Waals surface area contributed by atoms with Gasteiger partial charge in [0.1, 0.15) is 0 Å². The molecule has 1 aromatic heterocycles. The van der Waals surface area contributed by atoms with Crippen LogP contribution in [0.25, 0.3) is 22.5 Å². The van der Waals surface area contributed by atoms with Gasteiger partial charge in [0, 0.05) is 12.1 Å². The first-order valence-electron chi connectivity index (χ1n) is 6.85. The van der Waals surface area contributed by atoms with Crippen molar-refractivity contribution in [2.24, 2.45) is 0 Å². The zero-order chi connectivity index (χ0) is 17.4. The largest absolute Gasteiger partial charge is 0.504 e. The number of aryl methyl sites for hydroxylation is 1. The number of hydrogen-bond acceptors (Lipinski definition) is 7. The number of hydrogen-bond donors (Lipinski definition) is 3. The summed E-state index contributed by atoms with van der Waals surface area (Å²) in [6.07, 6.45) is 0. The highest BCUT2D eigenvalue weighted by molar-refractivity contribution is 5.85. The molecule has 0 aliphatic heterocycles. The Balaban J connectivity index is 2.17. The van der Waals surface area contributed by atoms with Crippen molar-refractivity contribution in [3.8, 4) is 39.7 Å². The fraction of sp³-hybridized carbons (Fsp3) is 0.0625. The van der Waals surface area contributed by atoms with Crippen LogP contribution in [-0.4, -0.2) is 25.4 Å². The van der Waals surface area contributed by atoms with E-state index in [4.69, 9.17) is 4.52 Å². The van der Waals surface area contributed by atoms with Crippen molar-refractivity contribution < 1.29 is 24.8 Å². The topological polar surface area (TPSA) is 130 Å². The first kappa shape index (κ1) is 15.3. The predicted octanol–water partition coefficient (Wildman–Crippen LogP) is 3.34. The van der Waals surface area contributed by atoms with E-state index >= 15 is 0 Å². The van der Waals surface area contributed by atoms with Gasteiger partial charge in [-0.15, -0.1) is 0 Å². The minimum atomic E-state index is -0.670. The molecule has 0 spiro atoms. The monoisotopic (exact) mass is 328 g/mol. The second kappa shape index (κ2) is 5.58. The summed E-state index contributed by atoms with van der Waals surface area (Å²) in [6, 6.07) is 8.36. The molecule has 0 aliphatic rings. The number of aromatic nitrogens is 1. The van der Waals surface area contributed by atoms with Gasteiger partial charge in [0.2, 0.25) is 5.75 Å². The van der Waals surface area contributed by atoms with Crippen LogP contribution in [0.5, 0.6) is 17.2 Å². The number of rotatable bonds is 3. The van der Waals surface area contributed by atoms with Crippen molar-refractivity contribution in [1.29, 1.82) is 0 Å². The lowest BCUT2D eigenvalue weighted by atomic mass is 9.99. The molecule has 0 bridgehead atoms. The van der Waals surface area contributed by atoms with Gasteiger partial charge in [0.15, 0.2) is 17.3 Å². The highest BCUT2D eigenvalue weighted by Gasteiger charge is 2.22. The molecule has 0 atom stereocenters.